The third-order valence-electron chi connectivity index (χ3n) is 4.56. The van der Waals surface area contributed by atoms with Crippen LogP contribution < -0.4 is 5.32 Å². The molecular formula is C19H24N2O4. The van der Waals surface area contributed by atoms with Crippen molar-refractivity contribution in [1.29, 1.82) is 0 Å². The molecule has 1 fully saturated rings. The van der Waals surface area contributed by atoms with E-state index in [0.717, 1.165) is 12.8 Å². The molecular weight excluding hydrogens is 320 g/mol. The maximum absolute atomic E-state index is 12.6. The first-order valence-electron chi connectivity index (χ1n) is 8.85. The Morgan fingerprint density at radius 2 is 2.00 bits per heavy atom. The van der Waals surface area contributed by atoms with Gasteiger partial charge in [-0.05, 0) is 31.0 Å². The van der Waals surface area contributed by atoms with E-state index in [0.29, 0.717) is 24.4 Å². The summed E-state index contributed by atoms with van der Waals surface area (Å²) < 4.78 is 10.3. The summed E-state index contributed by atoms with van der Waals surface area (Å²) in [6.45, 7) is 0.664. The standard InChI is InChI=1S/C19H24N2O4/c22-18(20-16-5-2-1-3-6-16)8-10-21(13-17-7-4-11-25-17)19(23)15-9-12-24-14-15/h4,7,9,11-12,14,16H,1-3,5-6,8,10,13H2,(H,20,22). The van der Waals surface area contributed by atoms with Crippen molar-refractivity contribution in [2.75, 3.05) is 6.54 Å². The highest BCUT2D eigenvalue weighted by Crippen LogP contribution is 2.17. The van der Waals surface area contributed by atoms with Gasteiger partial charge in [-0.3, -0.25) is 9.59 Å². The van der Waals surface area contributed by atoms with Crippen LogP contribution in [0.25, 0.3) is 0 Å². The van der Waals surface area contributed by atoms with E-state index >= 15 is 0 Å². The Hall–Kier alpha value is -2.50. The Bertz CT molecular complexity index is 658. The molecule has 25 heavy (non-hydrogen) atoms. The topological polar surface area (TPSA) is 75.7 Å². The lowest BCUT2D eigenvalue weighted by Gasteiger charge is -2.24. The van der Waals surface area contributed by atoms with Gasteiger partial charge in [0.05, 0.1) is 24.6 Å². The average Bonchev–Trinajstić information content (AvgIpc) is 3.32. The Morgan fingerprint density at radius 1 is 1.16 bits per heavy atom. The Balaban J connectivity index is 1.57. The number of nitrogens with zero attached hydrogens (tertiary/aromatic N) is 1. The minimum atomic E-state index is -0.171. The molecule has 0 saturated heterocycles. The molecule has 0 atom stereocenters. The summed E-state index contributed by atoms with van der Waals surface area (Å²) in [5.74, 6) is 0.511. The second-order valence-electron chi connectivity index (χ2n) is 6.47. The SMILES string of the molecule is O=C(CCN(Cc1ccco1)C(=O)c1ccoc1)NC1CCCCC1. The first kappa shape index (κ1) is 17.3. The lowest BCUT2D eigenvalue weighted by Crippen LogP contribution is -2.39. The predicted molar refractivity (Wildman–Crippen MR) is 91.8 cm³/mol. The smallest absolute Gasteiger partial charge is 0.257 e. The van der Waals surface area contributed by atoms with E-state index in [9.17, 15) is 9.59 Å². The van der Waals surface area contributed by atoms with Gasteiger partial charge in [0.1, 0.15) is 12.0 Å². The van der Waals surface area contributed by atoms with Crippen molar-refractivity contribution in [1.82, 2.24) is 10.2 Å². The summed E-state index contributed by atoms with van der Waals surface area (Å²) in [7, 11) is 0. The van der Waals surface area contributed by atoms with Crippen LogP contribution in [-0.2, 0) is 11.3 Å². The van der Waals surface area contributed by atoms with Crippen LogP contribution in [0.1, 0.15) is 54.6 Å². The van der Waals surface area contributed by atoms with Gasteiger partial charge in [0.15, 0.2) is 0 Å². The van der Waals surface area contributed by atoms with Gasteiger partial charge in [-0.1, -0.05) is 19.3 Å². The van der Waals surface area contributed by atoms with Crippen molar-refractivity contribution in [2.45, 2.75) is 51.1 Å². The minimum absolute atomic E-state index is 0.00339. The van der Waals surface area contributed by atoms with Crippen LogP contribution in [0.2, 0.25) is 0 Å². The van der Waals surface area contributed by atoms with Crippen molar-refractivity contribution < 1.29 is 18.4 Å². The van der Waals surface area contributed by atoms with Gasteiger partial charge in [-0.2, -0.15) is 0 Å². The Kier molecular flexibility index (Phi) is 5.93. The highest BCUT2D eigenvalue weighted by Gasteiger charge is 2.21. The van der Waals surface area contributed by atoms with E-state index in [1.54, 1.807) is 23.3 Å². The molecule has 6 heteroatoms. The number of nitrogens with one attached hydrogen (secondary N) is 1. The maximum Gasteiger partial charge on any atom is 0.257 e. The lowest BCUT2D eigenvalue weighted by molar-refractivity contribution is -0.122. The molecule has 134 valence electrons. The molecule has 2 aromatic rings. The van der Waals surface area contributed by atoms with Crippen LogP contribution >= 0.6 is 0 Å². The molecule has 1 saturated carbocycles. The van der Waals surface area contributed by atoms with E-state index < -0.39 is 0 Å². The van der Waals surface area contributed by atoms with Crippen LogP contribution in [0.4, 0.5) is 0 Å². The zero-order chi connectivity index (χ0) is 17.5. The first-order valence-corrected chi connectivity index (χ1v) is 8.85. The van der Waals surface area contributed by atoms with E-state index in [1.165, 1.54) is 31.8 Å². The summed E-state index contributed by atoms with van der Waals surface area (Å²) in [5, 5.41) is 3.09. The van der Waals surface area contributed by atoms with Crippen molar-refractivity contribution in [3.63, 3.8) is 0 Å². The van der Waals surface area contributed by atoms with Gasteiger partial charge < -0.3 is 19.1 Å². The van der Waals surface area contributed by atoms with Crippen molar-refractivity contribution in [2.24, 2.45) is 0 Å². The fourth-order valence-corrected chi connectivity index (χ4v) is 3.20. The molecule has 0 unspecified atom stereocenters. The third-order valence-corrected chi connectivity index (χ3v) is 4.56. The maximum atomic E-state index is 12.6. The largest absolute Gasteiger partial charge is 0.472 e. The zero-order valence-electron chi connectivity index (χ0n) is 14.3. The van der Waals surface area contributed by atoms with Gasteiger partial charge in [0.2, 0.25) is 5.91 Å². The fraction of sp³-hybridized carbons (Fsp3) is 0.474. The van der Waals surface area contributed by atoms with Crippen molar-refractivity contribution >= 4 is 11.8 Å². The Labute approximate surface area is 147 Å². The molecule has 0 spiro atoms. The molecule has 0 aromatic carbocycles. The number of amides is 2. The Morgan fingerprint density at radius 3 is 2.68 bits per heavy atom. The van der Waals surface area contributed by atoms with Gasteiger partial charge >= 0.3 is 0 Å². The number of rotatable bonds is 7. The van der Waals surface area contributed by atoms with Gasteiger partial charge in [0, 0.05) is 19.0 Å². The quantitative estimate of drug-likeness (QED) is 0.836. The third kappa shape index (κ3) is 4.98. The van der Waals surface area contributed by atoms with Crippen molar-refractivity contribution in [3.8, 4) is 0 Å². The number of carbonyl (C=O) groups excluding carboxylic acids is 2. The summed E-state index contributed by atoms with van der Waals surface area (Å²) in [4.78, 5) is 26.5. The van der Waals surface area contributed by atoms with E-state index in [1.807, 2.05) is 6.07 Å². The highest BCUT2D eigenvalue weighted by atomic mass is 16.3. The van der Waals surface area contributed by atoms with Crippen LogP contribution in [0.5, 0.6) is 0 Å². The molecule has 0 radical (unpaired) electrons. The number of hydrogen-bond acceptors (Lipinski definition) is 4. The summed E-state index contributed by atoms with van der Waals surface area (Å²) in [6.07, 6.45) is 10.4. The molecule has 1 aliphatic rings. The normalized spacial score (nSPS) is 15.0. The van der Waals surface area contributed by atoms with E-state index in [-0.39, 0.29) is 24.3 Å². The van der Waals surface area contributed by atoms with Crippen LogP contribution in [0, 0.1) is 0 Å². The molecule has 3 rings (SSSR count). The zero-order valence-corrected chi connectivity index (χ0v) is 14.3. The molecule has 2 aromatic heterocycles. The first-order chi connectivity index (χ1) is 12.2. The van der Waals surface area contributed by atoms with Crippen LogP contribution in [0.3, 0.4) is 0 Å². The minimum Gasteiger partial charge on any atom is -0.472 e. The van der Waals surface area contributed by atoms with Crippen molar-refractivity contribution in [3.05, 3.63) is 48.3 Å². The number of hydrogen-bond donors (Lipinski definition) is 1. The van der Waals surface area contributed by atoms with Gasteiger partial charge in [-0.15, -0.1) is 0 Å². The van der Waals surface area contributed by atoms with Crippen LogP contribution in [0.15, 0.2) is 45.8 Å². The number of furan rings is 2. The van der Waals surface area contributed by atoms with E-state index in [4.69, 9.17) is 8.83 Å². The second-order valence-corrected chi connectivity index (χ2v) is 6.47. The van der Waals surface area contributed by atoms with Gasteiger partial charge in [0.25, 0.3) is 5.91 Å². The molecule has 0 aliphatic heterocycles. The molecule has 1 aliphatic carbocycles. The lowest BCUT2D eigenvalue weighted by atomic mass is 9.95. The monoisotopic (exact) mass is 344 g/mol. The molecule has 0 bridgehead atoms. The summed E-state index contributed by atoms with van der Waals surface area (Å²) >= 11 is 0. The second kappa shape index (κ2) is 8.55. The highest BCUT2D eigenvalue weighted by molar-refractivity contribution is 5.94. The molecule has 6 nitrogen and oxygen atoms in total. The predicted octanol–water partition coefficient (Wildman–Crippen LogP) is 3.35. The molecule has 1 N–H and O–H groups in total. The van der Waals surface area contributed by atoms with Crippen LogP contribution in [-0.4, -0.2) is 29.3 Å². The van der Waals surface area contributed by atoms with Gasteiger partial charge in [-0.25, -0.2) is 0 Å². The molecule has 2 amide bonds. The number of carbonyl (C=O) groups is 2. The summed E-state index contributed by atoms with van der Waals surface area (Å²) in [6, 6.07) is 5.51. The summed E-state index contributed by atoms with van der Waals surface area (Å²) in [5.41, 5.74) is 0.472. The van der Waals surface area contributed by atoms with E-state index in [2.05, 4.69) is 5.32 Å². The molecule has 2 heterocycles. The fourth-order valence-electron chi connectivity index (χ4n) is 3.20. The average molecular weight is 344 g/mol.